The van der Waals surface area contributed by atoms with Crippen LogP contribution in [-0.4, -0.2) is 14.6 Å². The van der Waals surface area contributed by atoms with Crippen LogP contribution in [0.2, 0.25) is 0 Å². The minimum absolute atomic E-state index is 0.198. The van der Waals surface area contributed by atoms with Crippen LogP contribution < -0.4 is 4.83 Å². The maximum absolute atomic E-state index is 13.4. The summed E-state index contributed by atoms with van der Waals surface area (Å²) in [5.74, 6) is -0.465. The Morgan fingerprint density at radius 2 is 1.68 bits per heavy atom. The zero-order valence-electron chi connectivity index (χ0n) is 12.6. The van der Waals surface area contributed by atoms with Crippen LogP contribution in [0, 0.1) is 26.6 Å². The lowest BCUT2D eigenvalue weighted by Gasteiger charge is -2.11. The highest BCUT2D eigenvalue weighted by atomic mass is 32.2. The van der Waals surface area contributed by atoms with E-state index in [0.717, 1.165) is 11.8 Å². The number of nitrogens with one attached hydrogen (secondary N) is 1. The molecule has 0 amide bonds. The second-order valence-electron chi connectivity index (χ2n) is 5.10. The third-order valence-corrected chi connectivity index (χ3v) is 4.68. The lowest BCUT2D eigenvalue weighted by Crippen LogP contribution is -2.20. The molecule has 0 saturated heterocycles. The molecule has 0 spiro atoms. The van der Waals surface area contributed by atoms with E-state index in [4.69, 9.17) is 0 Å². The van der Waals surface area contributed by atoms with E-state index in [9.17, 15) is 12.8 Å². The zero-order chi connectivity index (χ0) is 16.3. The number of hydrazone groups is 1. The topological polar surface area (TPSA) is 58.5 Å². The molecule has 0 radical (unpaired) electrons. The van der Waals surface area contributed by atoms with E-state index in [1.54, 1.807) is 38.1 Å². The van der Waals surface area contributed by atoms with E-state index < -0.39 is 15.8 Å². The quantitative estimate of drug-likeness (QED) is 0.695. The molecule has 0 fully saturated rings. The smallest absolute Gasteiger partial charge is 0.206 e. The average Bonchev–Trinajstić information content (AvgIpc) is 2.39. The molecule has 116 valence electrons. The number of nitrogens with zero attached hydrogens (tertiary/aromatic N) is 1. The van der Waals surface area contributed by atoms with Gasteiger partial charge in [-0.15, -0.1) is 0 Å². The van der Waals surface area contributed by atoms with Gasteiger partial charge >= 0.3 is 0 Å². The van der Waals surface area contributed by atoms with Gasteiger partial charge in [-0.2, -0.15) is 13.5 Å². The van der Waals surface area contributed by atoms with E-state index in [0.29, 0.717) is 11.1 Å². The van der Waals surface area contributed by atoms with Gasteiger partial charge in [-0.1, -0.05) is 35.9 Å². The lowest BCUT2D eigenvalue weighted by molar-refractivity contribution is 0.583. The maximum atomic E-state index is 13.4. The first-order valence-corrected chi connectivity index (χ1v) is 8.17. The van der Waals surface area contributed by atoms with Crippen molar-refractivity contribution < 1.29 is 12.8 Å². The average molecular weight is 320 g/mol. The van der Waals surface area contributed by atoms with Crippen molar-refractivity contribution in [2.24, 2.45) is 5.10 Å². The Labute approximate surface area is 129 Å². The monoisotopic (exact) mass is 320 g/mol. The third-order valence-electron chi connectivity index (χ3n) is 3.16. The molecule has 6 heteroatoms. The van der Waals surface area contributed by atoms with Crippen molar-refractivity contribution in [2.75, 3.05) is 0 Å². The molecule has 0 atom stereocenters. The van der Waals surface area contributed by atoms with Crippen molar-refractivity contribution in [1.29, 1.82) is 0 Å². The Balaban J connectivity index is 2.28. The highest BCUT2D eigenvalue weighted by Gasteiger charge is 2.19. The summed E-state index contributed by atoms with van der Waals surface area (Å²) in [6.07, 6.45) is 1.14. The van der Waals surface area contributed by atoms with Crippen molar-refractivity contribution >= 4 is 16.2 Å². The molecule has 0 aliphatic heterocycles. The van der Waals surface area contributed by atoms with E-state index in [-0.39, 0.29) is 10.5 Å². The predicted molar refractivity (Wildman–Crippen MR) is 85.0 cm³/mol. The molecule has 0 aromatic heterocycles. The zero-order valence-corrected chi connectivity index (χ0v) is 13.4. The molecule has 22 heavy (non-hydrogen) atoms. The third kappa shape index (κ3) is 3.51. The fraction of sp³-hybridized carbons (Fsp3) is 0.188. The van der Waals surface area contributed by atoms with E-state index in [2.05, 4.69) is 9.93 Å². The van der Waals surface area contributed by atoms with E-state index >= 15 is 0 Å². The first-order chi connectivity index (χ1) is 10.3. The van der Waals surface area contributed by atoms with Crippen molar-refractivity contribution in [3.8, 4) is 0 Å². The van der Waals surface area contributed by atoms with Crippen LogP contribution in [0.3, 0.4) is 0 Å². The van der Waals surface area contributed by atoms with Crippen molar-refractivity contribution in [3.63, 3.8) is 0 Å². The Morgan fingerprint density at radius 3 is 2.27 bits per heavy atom. The molecule has 2 aromatic rings. The molecule has 0 unspecified atom stereocenters. The summed E-state index contributed by atoms with van der Waals surface area (Å²) in [6.45, 7) is 5.37. The van der Waals surface area contributed by atoms with Gasteiger partial charge in [0.15, 0.2) is 0 Å². The highest BCUT2D eigenvalue weighted by Crippen LogP contribution is 2.21. The summed E-state index contributed by atoms with van der Waals surface area (Å²) in [5, 5.41) is 3.65. The van der Waals surface area contributed by atoms with Gasteiger partial charge < -0.3 is 0 Å². The fourth-order valence-corrected chi connectivity index (χ4v) is 3.63. The van der Waals surface area contributed by atoms with Crippen LogP contribution in [0.5, 0.6) is 0 Å². The van der Waals surface area contributed by atoms with Crippen LogP contribution in [-0.2, 0) is 10.0 Å². The summed E-state index contributed by atoms with van der Waals surface area (Å²) < 4.78 is 38.1. The summed E-state index contributed by atoms with van der Waals surface area (Å²) >= 11 is 0. The Morgan fingerprint density at radius 1 is 1.09 bits per heavy atom. The molecular formula is C16H17FN2O2S. The lowest BCUT2D eigenvalue weighted by atomic mass is 10.1. The van der Waals surface area contributed by atoms with Crippen molar-refractivity contribution in [2.45, 2.75) is 25.7 Å². The van der Waals surface area contributed by atoms with Gasteiger partial charge in [-0.3, -0.25) is 0 Å². The van der Waals surface area contributed by atoms with Crippen LogP contribution in [0.15, 0.2) is 46.4 Å². The molecule has 0 aliphatic rings. The number of halogens is 1. The SMILES string of the molecule is Cc1cc(C)c(S(=O)(=O)N/N=C/c2ccccc2F)c(C)c1. The van der Waals surface area contributed by atoms with Gasteiger partial charge in [-0.25, -0.2) is 9.22 Å². The molecule has 2 aromatic carbocycles. The summed E-state index contributed by atoms with van der Waals surface area (Å²) in [5.41, 5.74) is 2.49. The number of sulfonamides is 1. The molecule has 2 rings (SSSR count). The van der Waals surface area contributed by atoms with Crippen LogP contribution in [0.25, 0.3) is 0 Å². The van der Waals surface area contributed by atoms with Gasteiger partial charge in [0.25, 0.3) is 10.0 Å². The van der Waals surface area contributed by atoms with Gasteiger partial charge in [0.05, 0.1) is 11.1 Å². The fourth-order valence-electron chi connectivity index (χ4n) is 2.38. The van der Waals surface area contributed by atoms with Crippen LogP contribution >= 0.6 is 0 Å². The normalized spacial score (nSPS) is 11.8. The summed E-state index contributed by atoms with van der Waals surface area (Å²) in [6, 6.07) is 9.58. The second kappa shape index (κ2) is 6.27. The molecule has 0 bridgehead atoms. The summed E-state index contributed by atoms with van der Waals surface area (Å²) in [4.78, 5) is 2.33. The Kier molecular flexibility index (Phi) is 4.61. The van der Waals surface area contributed by atoms with Crippen LogP contribution in [0.4, 0.5) is 4.39 Å². The highest BCUT2D eigenvalue weighted by molar-refractivity contribution is 7.89. The predicted octanol–water partition coefficient (Wildman–Crippen LogP) is 3.06. The molecule has 1 N–H and O–H groups in total. The largest absolute Gasteiger partial charge is 0.277 e. The van der Waals surface area contributed by atoms with Gasteiger partial charge in [-0.05, 0) is 38.0 Å². The standard InChI is InChI=1S/C16H17FN2O2S/c1-11-8-12(2)16(13(3)9-11)22(20,21)19-18-10-14-6-4-5-7-15(14)17/h4-10,19H,1-3H3/b18-10+. The number of rotatable bonds is 4. The van der Waals surface area contributed by atoms with Gasteiger partial charge in [0, 0.05) is 5.56 Å². The second-order valence-corrected chi connectivity index (χ2v) is 6.70. The van der Waals surface area contributed by atoms with Gasteiger partial charge in [0.2, 0.25) is 0 Å². The Hall–Kier alpha value is -2.21. The van der Waals surface area contributed by atoms with Crippen LogP contribution in [0.1, 0.15) is 22.3 Å². The molecular weight excluding hydrogens is 303 g/mol. The molecule has 0 heterocycles. The first-order valence-electron chi connectivity index (χ1n) is 6.68. The molecule has 4 nitrogen and oxygen atoms in total. The molecule has 0 saturated carbocycles. The number of benzene rings is 2. The maximum Gasteiger partial charge on any atom is 0.277 e. The van der Waals surface area contributed by atoms with Gasteiger partial charge in [0.1, 0.15) is 5.82 Å². The Bertz CT molecular complexity index is 807. The minimum atomic E-state index is -3.79. The first kappa shape index (κ1) is 16.2. The van der Waals surface area contributed by atoms with Crippen molar-refractivity contribution in [1.82, 2.24) is 4.83 Å². The number of hydrogen-bond donors (Lipinski definition) is 1. The number of hydrogen-bond acceptors (Lipinski definition) is 3. The number of aryl methyl sites for hydroxylation is 3. The van der Waals surface area contributed by atoms with E-state index in [1.807, 2.05) is 6.92 Å². The summed E-state index contributed by atoms with van der Waals surface area (Å²) in [7, 11) is -3.79. The van der Waals surface area contributed by atoms with E-state index in [1.165, 1.54) is 12.1 Å². The molecule has 0 aliphatic carbocycles. The minimum Gasteiger partial charge on any atom is -0.206 e. The van der Waals surface area contributed by atoms with Crippen molar-refractivity contribution in [3.05, 3.63) is 64.5 Å².